The van der Waals surface area contributed by atoms with E-state index < -0.39 is 41.6 Å². The lowest BCUT2D eigenvalue weighted by atomic mass is 10.1. The van der Waals surface area contributed by atoms with Gasteiger partial charge in [0.25, 0.3) is 5.89 Å². The lowest BCUT2D eigenvalue weighted by Crippen LogP contribution is -2.44. The van der Waals surface area contributed by atoms with E-state index in [-0.39, 0.29) is 30.0 Å². The molecule has 1 saturated heterocycles. The van der Waals surface area contributed by atoms with Gasteiger partial charge in [-0.25, -0.2) is 0 Å². The van der Waals surface area contributed by atoms with Crippen LogP contribution in [0.5, 0.6) is 0 Å². The Kier molecular flexibility index (Phi) is 7.46. The van der Waals surface area contributed by atoms with Crippen molar-refractivity contribution in [2.75, 3.05) is 26.2 Å². The minimum atomic E-state index is -4.79. The lowest BCUT2D eigenvalue weighted by molar-refractivity contribution is -0.142. The first kappa shape index (κ1) is 26.5. The number of carbonyl (C=O) groups is 1. The van der Waals surface area contributed by atoms with E-state index in [4.69, 9.17) is 18.9 Å². The molecule has 2 unspecified atom stereocenters. The fraction of sp³-hybridized carbons (Fsp3) is 0.308. The smallest absolute Gasteiger partial charge is 0.422 e. The molecule has 2 aromatic carbocycles. The fourth-order valence-corrected chi connectivity index (χ4v) is 4.39. The van der Waals surface area contributed by atoms with Gasteiger partial charge in [-0.15, -0.1) is 0 Å². The first-order valence-corrected chi connectivity index (χ1v) is 12.0. The highest BCUT2D eigenvalue weighted by Gasteiger charge is 2.43. The minimum absolute atomic E-state index is 0.0292. The number of carboxylic acids is 1. The molecule has 1 aliphatic rings. The summed E-state index contributed by atoms with van der Waals surface area (Å²) in [4.78, 5) is 17.0. The van der Waals surface area contributed by atoms with Crippen LogP contribution in [-0.4, -0.2) is 68.7 Å². The molecule has 204 valence electrons. The second-order valence-corrected chi connectivity index (χ2v) is 9.01. The van der Waals surface area contributed by atoms with E-state index in [2.05, 4.69) is 15.3 Å². The number of alkyl halides is 3. The molecule has 4 aromatic rings. The Morgan fingerprint density at radius 3 is 2.49 bits per heavy atom. The maximum Gasteiger partial charge on any atom is 0.422 e. The van der Waals surface area contributed by atoms with Crippen molar-refractivity contribution >= 4 is 5.97 Å². The van der Waals surface area contributed by atoms with Crippen molar-refractivity contribution in [2.24, 2.45) is 0 Å². The van der Waals surface area contributed by atoms with Gasteiger partial charge >= 0.3 is 12.1 Å². The molecule has 39 heavy (non-hydrogen) atoms. The Morgan fingerprint density at radius 2 is 1.79 bits per heavy atom. The number of aliphatic hydroxyl groups is 1. The summed E-state index contributed by atoms with van der Waals surface area (Å²) < 4.78 is 57.4. The van der Waals surface area contributed by atoms with Crippen LogP contribution in [0.15, 0.2) is 63.6 Å². The molecule has 0 spiro atoms. The number of ether oxygens (including phenoxy) is 1. The van der Waals surface area contributed by atoms with Crippen molar-refractivity contribution in [3.05, 3.63) is 65.7 Å². The topological polar surface area (TPSA) is 135 Å². The number of carboxylic acid groups (broad SMARTS) is 1. The predicted molar refractivity (Wildman–Crippen MR) is 129 cm³/mol. The summed E-state index contributed by atoms with van der Waals surface area (Å²) in [7, 11) is 0. The molecule has 0 radical (unpaired) electrons. The number of benzene rings is 2. The molecule has 10 nitrogen and oxygen atoms in total. The molecule has 1 fully saturated rings. The largest absolute Gasteiger partial charge is 0.481 e. The van der Waals surface area contributed by atoms with Crippen molar-refractivity contribution in [3.8, 4) is 34.3 Å². The summed E-state index contributed by atoms with van der Waals surface area (Å²) in [6.07, 6.45) is -6.20. The van der Waals surface area contributed by atoms with Gasteiger partial charge in [-0.3, -0.25) is 9.69 Å². The van der Waals surface area contributed by atoms with Crippen LogP contribution < -0.4 is 0 Å². The van der Waals surface area contributed by atoms with E-state index in [1.165, 1.54) is 12.1 Å². The lowest BCUT2D eigenvalue weighted by Gasteiger charge is -2.33. The second-order valence-electron chi connectivity index (χ2n) is 9.01. The number of aromatic nitrogens is 3. The standard InChI is InChI=1S/C26H23F3N4O6/c27-26(28,29)21-22(16-4-2-1-3-5-16)31-38-23(21)25-30-24(32-39-25)17-8-6-15(7-9-17)19(34)14-33-10-11-37-18(13-33)12-20(35)36/h1-9,18-19,34H,10-14H2,(H,35,36). The van der Waals surface area contributed by atoms with Gasteiger partial charge in [-0.2, -0.15) is 18.2 Å². The number of nitrogens with zero attached hydrogens (tertiary/aromatic N) is 4. The van der Waals surface area contributed by atoms with Gasteiger partial charge in [0.05, 0.1) is 25.2 Å². The zero-order chi connectivity index (χ0) is 27.6. The summed E-state index contributed by atoms with van der Waals surface area (Å²) in [5.74, 6) is -2.07. The van der Waals surface area contributed by atoms with E-state index >= 15 is 0 Å². The Hall–Kier alpha value is -4.07. The van der Waals surface area contributed by atoms with E-state index in [0.717, 1.165) is 0 Å². The molecule has 2 N–H and O–H groups in total. The third-order valence-electron chi connectivity index (χ3n) is 6.25. The highest BCUT2D eigenvalue weighted by Crippen LogP contribution is 2.43. The maximum absolute atomic E-state index is 14.0. The van der Waals surface area contributed by atoms with Gasteiger partial charge < -0.3 is 24.0 Å². The average Bonchev–Trinajstić information content (AvgIpc) is 3.57. The molecule has 5 rings (SSSR count). The molecule has 13 heteroatoms. The van der Waals surface area contributed by atoms with Crippen LogP contribution >= 0.6 is 0 Å². The van der Waals surface area contributed by atoms with Crippen molar-refractivity contribution in [1.29, 1.82) is 0 Å². The zero-order valence-corrected chi connectivity index (χ0v) is 20.3. The van der Waals surface area contributed by atoms with Crippen LogP contribution in [0.2, 0.25) is 0 Å². The number of hydrogen-bond acceptors (Lipinski definition) is 9. The molecule has 2 atom stereocenters. The SMILES string of the molecule is O=C(O)CC1CN(CC(O)c2ccc(-c3noc(-c4onc(-c5ccccc5)c4C(F)(F)F)n3)cc2)CCO1. The van der Waals surface area contributed by atoms with Crippen LogP contribution in [0.3, 0.4) is 0 Å². The van der Waals surface area contributed by atoms with Crippen molar-refractivity contribution in [1.82, 2.24) is 20.2 Å². The first-order chi connectivity index (χ1) is 18.7. The fourth-order valence-electron chi connectivity index (χ4n) is 4.39. The van der Waals surface area contributed by atoms with Crippen LogP contribution in [0.1, 0.15) is 23.7 Å². The van der Waals surface area contributed by atoms with Crippen LogP contribution in [0.4, 0.5) is 13.2 Å². The molecule has 3 heterocycles. The molecular weight excluding hydrogens is 521 g/mol. The van der Waals surface area contributed by atoms with Gasteiger partial charge in [0.15, 0.2) is 0 Å². The van der Waals surface area contributed by atoms with E-state index in [0.29, 0.717) is 30.8 Å². The highest BCUT2D eigenvalue weighted by molar-refractivity contribution is 5.71. The van der Waals surface area contributed by atoms with Crippen LogP contribution in [0.25, 0.3) is 34.3 Å². The van der Waals surface area contributed by atoms with Gasteiger partial charge in [0.1, 0.15) is 11.3 Å². The number of hydrogen-bond donors (Lipinski definition) is 2. The van der Waals surface area contributed by atoms with E-state index in [9.17, 15) is 23.1 Å². The third-order valence-corrected chi connectivity index (χ3v) is 6.25. The Balaban J connectivity index is 1.31. The molecule has 0 aliphatic carbocycles. The zero-order valence-electron chi connectivity index (χ0n) is 20.3. The summed E-state index contributed by atoms with van der Waals surface area (Å²) in [5.41, 5.74) is -0.235. The number of halogens is 3. The Morgan fingerprint density at radius 1 is 1.05 bits per heavy atom. The first-order valence-electron chi connectivity index (χ1n) is 12.0. The highest BCUT2D eigenvalue weighted by atomic mass is 19.4. The monoisotopic (exact) mass is 544 g/mol. The van der Waals surface area contributed by atoms with Gasteiger partial charge in [-0.05, 0) is 5.56 Å². The number of morpholine rings is 1. The normalized spacial score (nSPS) is 17.3. The Labute approximate surface area is 219 Å². The quantitative estimate of drug-likeness (QED) is 0.331. The van der Waals surface area contributed by atoms with E-state index in [1.807, 2.05) is 4.90 Å². The molecule has 2 aromatic heterocycles. The molecule has 1 aliphatic heterocycles. The molecule has 0 saturated carbocycles. The number of aliphatic hydroxyl groups excluding tert-OH is 1. The predicted octanol–water partition coefficient (Wildman–Crippen LogP) is 4.29. The average molecular weight is 544 g/mol. The molecule has 0 amide bonds. The summed E-state index contributed by atoms with van der Waals surface area (Å²) in [6, 6.07) is 14.3. The number of rotatable bonds is 8. The summed E-state index contributed by atoms with van der Waals surface area (Å²) in [6.45, 7) is 1.60. The summed E-state index contributed by atoms with van der Waals surface area (Å²) in [5, 5.41) is 27.1. The molecule has 0 bridgehead atoms. The maximum atomic E-state index is 14.0. The van der Waals surface area contributed by atoms with Gasteiger partial charge in [0, 0.05) is 30.8 Å². The van der Waals surface area contributed by atoms with Gasteiger partial charge in [0.2, 0.25) is 11.6 Å². The van der Waals surface area contributed by atoms with Crippen molar-refractivity contribution < 1.29 is 42.0 Å². The van der Waals surface area contributed by atoms with Crippen molar-refractivity contribution in [3.63, 3.8) is 0 Å². The second kappa shape index (κ2) is 11.0. The third kappa shape index (κ3) is 6.00. The minimum Gasteiger partial charge on any atom is -0.481 e. The van der Waals surface area contributed by atoms with Gasteiger partial charge in [-0.1, -0.05) is 64.9 Å². The number of aliphatic carboxylic acids is 1. The van der Waals surface area contributed by atoms with E-state index in [1.54, 1.807) is 42.5 Å². The van der Waals surface area contributed by atoms with Crippen LogP contribution in [0, 0.1) is 0 Å². The Bertz CT molecular complexity index is 1420. The van der Waals surface area contributed by atoms with Crippen LogP contribution in [-0.2, 0) is 15.7 Å². The number of β-amino-alcohol motifs (C(OH)–C–C–N with tert-alkyl or cyclic N) is 1. The molecular formula is C26H23F3N4O6. The van der Waals surface area contributed by atoms with Crippen molar-refractivity contribution in [2.45, 2.75) is 24.8 Å². The summed E-state index contributed by atoms with van der Waals surface area (Å²) >= 11 is 0.